The summed E-state index contributed by atoms with van der Waals surface area (Å²) in [4.78, 5) is 18.3. The Hall–Kier alpha value is -1.90. The van der Waals surface area contributed by atoms with Gasteiger partial charge in [-0.25, -0.2) is 4.98 Å². The van der Waals surface area contributed by atoms with Gasteiger partial charge in [0, 0.05) is 17.4 Å². The summed E-state index contributed by atoms with van der Waals surface area (Å²) in [6.45, 7) is 7.69. The highest BCUT2D eigenvalue weighted by Gasteiger charge is 2.59. The summed E-state index contributed by atoms with van der Waals surface area (Å²) in [5.41, 5.74) is 1.60. The molecular weight excluding hydrogens is 442 g/mol. The van der Waals surface area contributed by atoms with Gasteiger partial charge in [0.1, 0.15) is 6.61 Å². The average molecular weight is 488 g/mol. The third kappa shape index (κ3) is 4.00. The number of pyridine rings is 1. The number of fused-ring (bicyclic) bond motifs is 6. The Morgan fingerprint density at radius 1 is 0.944 bits per heavy atom. The van der Waals surface area contributed by atoms with Crippen LogP contribution in [0.4, 0.5) is 0 Å². The van der Waals surface area contributed by atoms with Crippen LogP contribution in [0.5, 0.6) is 5.88 Å². The second-order valence-corrected chi connectivity index (χ2v) is 13.3. The van der Waals surface area contributed by atoms with Gasteiger partial charge in [-0.1, -0.05) is 51.8 Å². The molecule has 1 aromatic carbocycles. The van der Waals surface area contributed by atoms with E-state index in [1.807, 2.05) is 30.3 Å². The van der Waals surface area contributed by atoms with Crippen molar-refractivity contribution in [2.24, 2.45) is 46.3 Å². The first kappa shape index (κ1) is 24.4. The SMILES string of the molecule is CC[C@H]1CC[C@@]2(C)C(CC[C@@H]3C2CC[C@@]2(C)C3CCC[C@@H]2C(=O)COc2ccc3ccccc3n2)C1. The molecule has 0 N–H and O–H groups in total. The van der Waals surface area contributed by atoms with Crippen molar-refractivity contribution in [3.63, 3.8) is 0 Å². The molecular formula is C33H45NO2. The van der Waals surface area contributed by atoms with Gasteiger partial charge in [-0.3, -0.25) is 4.79 Å². The van der Waals surface area contributed by atoms with Crippen molar-refractivity contribution in [2.45, 2.75) is 91.4 Å². The van der Waals surface area contributed by atoms with Crippen LogP contribution < -0.4 is 4.74 Å². The minimum Gasteiger partial charge on any atom is -0.470 e. The average Bonchev–Trinajstić information content (AvgIpc) is 2.90. The Morgan fingerprint density at radius 2 is 1.75 bits per heavy atom. The monoisotopic (exact) mass is 487 g/mol. The molecule has 36 heavy (non-hydrogen) atoms. The number of nitrogens with zero attached hydrogens (tertiary/aromatic N) is 1. The lowest BCUT2D eigenvalue weighted by atomic mass is 9.41. The Labute approximate surface area is 217 Å². The summed E-state index contributed by atoms with van der Waals surface area (Å²) in [5, 5.41) is 1.10. The maximum absolute atomic E-state index is 13.7. The van der Waals surface area contributed by atoms with Crippen LogP contribution in [-0.2, 0) is 4.79 Å². The van der Waals surface area contributed by atoms with E-state index < -0.39 is 0 Å². The number of rotatable bonds is 5. The zero-order valence-corrected chi connectivity index (χ0v) is 22.7. The summed E-state index contributed by atoms with van der Waals surface area (Å²) in [6.07, 6.45) is 14.7. The van der Waals surface area contributed by atoms with Crippen LogP contribution in [0.3, 0.4) is 0 Å². The summed E-state index contributed by atoms with van der Waals surface area (Å²) in [5.74, 6) is 5.31. The number of ketones is 1. The number of hydrogen-bond acceptors (Lipinski definition) is 3. The Morgan fingerprint density at radius 3 is 2.61 bits per heavy atom. The maximum atomic E-state index is 13.7. The van der Waals surface area contributed by atoms with E-state index in [-0.39, 0.29) is 17.9 Å². The number of hydrogen-bond donors (Lipinski definition) is 0. The summed E-state index contributed by atoms with van der Waals surface area (Å²) in [6, 6.07) is 12.0. The van der Waals surface area contributed by atoms with Crippen LogP contribution in [-0.4, -0.2) is 17.4 Å². The Balaban J connectivity index is 1.16. The minimum absolute atomic E-state index is 0.138. The van der Waals surface area contributed by atoms with E-state index in [9.17, 15) is 4.79 Å². The largest absolute Gasteiger partial charge is 0.470 e. The van der Waals surface area contributed by atoms with Crippen LogP contribution in [0.25, 0.3) is 10.9 Å². The molecule has 194 valence electrons. The van der Waals surface area contributed by atoms with Crippen LogP contribution in [0.15, 0.2) is 36.4 Å². The molecule has 1 heterocycles. The molecule has 0 spiro atoms. The predicted molar refractivity (Wildman–Crippen MR) is 146 cm³/mol. The van der Waals surface area contributed by atoms with Crippen LogP contribution in [0, 0.1) is 46.3 Å². The molecule has 0 amide bonds. The first-order chi connectivity index (χ1) is 17.4. The van der Waals surface area contributed by atoms with Gasteiger partial charge in [0.05, 0.1) is 5.52 Å². The van der Waals surface area contributed by atoms with Crippen molar-refractivity contribution in [1.29, 1.82) is 0 Å². The van der Waals surface area contributed by atoms with E-state index in [2.05, 4.69) is 31.8 Å². The molecule has 1 aromatic heterocycles. The predicted octanol–water partition coefficient (Wildman–Crippen LogP) is 8.26. The molecule has 0 saturated heterocycles. The maximum Gasteiger partial charge on any atom is 0.214 e. The van der Waals surface area contributed by atoms with Crippen molar-refractivity contribution in [3.05, 3.63) is 36.4 Å². The zero-order chi connectivity index (χ0) is 24.9. The number of Topliss-reactive ketones (excluding diaryl/α,β-unsaturated/α-hetero) is 1. The molecule has 4 fully saturated rings. The molecule has 6 rings (SSSR count). The fraction of sp³-hybridized carbons (Fsp3) is 0.697. The fourth-order valence-corrected chi connectivity index (χ4v) is 9.82. The quantitative estimate of drug-likeness (QED) is 0.426. The molecule has 4 aliphatic carbocycles. The van der Waals surface area contributed by atoms with Crippen molar-refractivity contribution in [1.82, 2.24) is 4.98 Å². The summed E-state index contributed by atoms with van der Waals surface area (Å²) in [7, 11) is 0. The molecule has 2 aromatic rings. The van der Waals surface area contributed by atoms with Gasteiger partial charge >= 0.3 is 0 Å². The van der Waals surface area contributed by atoms with Crippen LogP contribution in [0.1, 0.15) is 91.4 Å². The van der Waals surface area contributed by atoms with E-state index >= 15 is 0 Å². The van der Waals surface area contributed by atoms with Crippen molar-refractivity contribution in [3.8, 4) is 5.88 Å². The van der Waals surface area contributed by atoms with E-state index in [4.69, 9.17) is 4.74 Å². The summed E-state index contributed by atoms with van der Waals surface area (Å²) < 4.78 is 6.01. The number of aromatic nitrogens is 1. The Bertz CT molecular complexity index is 1110. The standard InChI is InChI=1S/C33H45NO2/c1-4-22-16-18-32(2)24(20-22)13-14-25-26-9-7-10-28(33(26,3)19-17-27(25)32)30(35)21-36-31-15-12-23-8-5-6-11-29(23)34-31/h5-6,8,11-12,15,22,24-28H,4,7,9-10,13-14,16-21H2,1-3H3/t22-,24?,25-,26?,27?,28+,32-,33-/m0/s1. The highest BCUT2D eigenvalue weighted by molar-refractivity contribution is 5.83. The first-order valence-electron chi connectivity index (χ1n) is 14.9. The van der Waals surface area contributed by atoms with Crippen LogP contribution in [0.2, 0.25) is 0 Å². The lowest BCUT2D eigenvalue weighted by molar-refractivity contribution is -0.158. The number of carbonyl (C=O) groups excluding carboxylic acids is 1. The smallest absolute Gasteiger partial charge is 0.214 e. The number of benzene rings is 1. The highest BCUT2D eigenvalue weighted by Crippen LogP contribution is 2.67. The van der Waals surface area contributed by atoms with E-state index in [1.165, 1.54) is 64.2 Å². The third-order valence-corrected chi connectivity index (χ3v) is 11.9. The molecule has 4 saturated carbocycles. The van der Waals surface area contributed by atoms with Gasteiger partial charge in [-0.05, 0) is 110 Å². The van der Waals surface area contributed by atoms with Crippen molar-refractivity contribution in [2.75, 3.05) is 6.61 Å². The van der Waals surface area contributed by atoms with Gasteiger partial charge in [0.25, 0.3) is 0 Å². The number of para-hydroxylation sites is 1. The molecule has 3 heteroatoms. The molecule has 0 bridgehead atoms. The van der Waals surface area contributed by atoms with Gasteiger partial charge in [-0.2, -0.15) is 0 Å². The van der Waals surface area contributed by atoms with E-state index in [0.29, 0.717) is 23.0 Å². The summed E-state index contributed by atoms with van der Waals surface area (Å²) >= 11 is 0. The van der Waals surface area contributed by atoms with E-state index in [1.54, 1.807) is 0 Å². The molecule has 0 radical (unpaired) electrons. The lowest BCUT2D eigenvalue weighted by Gasteiger charge is -2.63. The normalized spacial score (nSPS) is 40.1. The molecule has 3 nitrogen and oxygen atoms in total. The molecule has 8 atom stereocenters. The molecule has 4 aliphatic rings. The minimum atomic E-state index is 0.138. The number of ether oxygens (including phenoxy) is 1. The van der Waals surface area contributed by atoms with Gasteiger partial charge in [-0.15, -0.1) is 0 Å². The van der Waals surface area contributed by atoms with Crippen molar-refractivity contribution < 1.29 is 9.53 Å². The van der Waals surface area contributed by atoms with Gasteiger partial charge in [0.15, 0.2) is 5.78 Å². The second-order valence-electron chi connectivity index (χ2n) is 13.3. The molecule has 0 aliphatic heterocycles. The highest BCUT2D eigenvalue weighted by atomic mass is 16.5. The first-order valence-corrected chi connectivity index (χ1v) is 14.9. The third-order valence-electron chi connectivity index (χ3n) is 11.9. The fourth-order valence-electron chi connectivity index (χ4n) is 9.82. The topological polar surface area (TPSA) is 39.2 Å². The van der Waals surface area contributed by atoms with Crippen LogP contribution >= 0.6 is 0 Å². The second kappa shape index (κ2) is 9.44. The van der Waals surface area contributed by atoms with Gasteiger partial charge in [0.2, 0.25) is 5.88 Å². The molecule has 3 unspecified atom stereocenters. The lowest BCUT2D eigenvalue weighted by Crippen LogP contribution is -2.57. The van der Waals surface area contributed by atoms with Gasteiger partial charge < -0.3 is 4.74 Å². The van der Waals surface area contributed by atoms with E-state index in [0.717, 1.165) is 41.0 Å². The zero-order valence-electron chi connectivity index (χ0n) is 22.7. The number of carbonyl (C=O) groups is 1. The van der Waals surface area contributed by atoms with Crippen molar-refractivity contribution >= 4 is 16.7 Å². The Kier molecular flexibility index (Phi) is 6.41.